The highest BCUT2D eigenvalue weighted by Gasteiger charge is 2.31. The number of ether oxygens (including phenoxy) is 2. The van der Waals surface area contributed by atoms with Crippen molar-refractivity contribution < 1.29 is 14.3 Å². The predicted octanol–water partition coefficient (Wildman–Crippen LogP) is 5.30. The normalized spacial score (nSPS) is 16.7. The van der Waals surface area contributed by atoms with Crippen LogP contribution in [0.1, 0.15) is 57.4 Å². The number of hydrogen-bond acceptors (Lipinski definition) is 4. The topological polar surface area (TPSA) is 50.8 Å². The third kappa shape index (κ3) is 4.96. The first-order chi connectivity index (χ1) is 15.0. The van der Waals surface area contributed by atoms with Crippen molar-refractivity contribution in [3.8, 4) is 11.5 Å². The van der Waals surface area contributed by atoms with E-state index in [0.717, 1.165) is 16.8 Å². The number of methoxy groups -OCH3 is 1. The second-order valence-corrected chi connectivity index (χ2v) is 9.53. The average molecular weight is 453 g/mol. The monoisotopic (exact) mass is 452 g/mol. The molecule has 0 aromatic heterocycles. The molecule has 0 aliphatic carbocycles. The fourth-order valence-electron chi connectivity index (χ4n) is 3.79. The summed E-state index contributed by atoms with van der Waals surface area (Å²) in [6.07, 6.45) is 0. The van der Waals surface area contributed by atoms with Crippen LogP contribution < -0.4 is 14.8 Å². The van der Waals surface area contributed by atoms with Crippen molar-refractivity contribution in [2.45, 2.75) is 52.7 Å². The molecule has 32 heavy (non-hydrogen) atoms. The zero-order valence-corrected chi connectivity index (χ0v) is 20.7. The number of thiocarbonyl (C=S) groups is 1. The number of hydrogen-bond donors (Lipinski definition) is 1. The van der Waals surface area contributed by atoms with Gasteiger partial charge in [0.15, 0.2) is 22.4 Å². The molecule has 0 saturated heterocycles. The van der Waals surface area contributed by atoms with Gasteiger partial charge in [-0.05, 0) is 60.3 Å². The van der Waals surface area contributed by atoms with Crippen LogP contribution in [0.2, 0.25) is 0 Å². The van der Waals surface area contributed by atoms with E-state index in [1.54, 1.807) is 14.0 Å². The predicted molar refractivity (Wildman–Crippen MR) is 132 cm³/mol. The van der Waals surface area contributed by atoms with Gasteiger partial charge in [0.05, 0.1) is 13.2 Å². The summed E-state index contributed by atoms with van der Waals surface area (Å²) >= 11 is 5.45. The Kier molecular flexibility index (Phi) is 6.94. The molecule has 0 fully saturated rings. The highest BCUT2D eigenvalue weighted by atomic mass is 32.1. The van der Waals surface area contributed by atoms with Crippen LogP contribution >= 0.6 is 12.2 Å². The van der Waals surface area contributed by atoms with E-state index in [2.05, 4.69) is 50.4 Å². The van der Waals surface area contributed by atoms with Crippen LogP contribution in [0.4, 0.5) is 0 Å². The molecule has 1 heterocycles. The van der Waals surface area contributed by atoms with E-state index in [-0.39, 0.29) is 17.2 Å². The van der Waals surface area contributed by atoms with Crippen LogP contribution in [0.15, 0.2) is 53.7 Å². The van der Waals surface area contributed by atoms with E-state index >= 15 is 0 Å². The summed E-state index contributed by atoms with van der Waals surface area (Å²) in [5, 5.41) is 3.85. The minimum atomic E-state index is -0.330. The smallest absolute Gasteiger partial charge is 0.173 e. The van der Waals surface area contributed by atoms with Gasteiger partial charge < -0.3 is 19.7 Å². The van der Waals surface area contributed by atoms with Gasteiger partial charge in [0.2, 0.25) is 0 Å². The number of carbonyl (C=O) groups is 1. The lowest BCUT2D eigenvalue weighted by Gasteiger charge is -2.35. The second-order valence-electron chi connectivity index (χ2n) is 9.14. The maximum absolute atomic E-state index is 12.4. The zero-order valence-electron chi connectivity index (χ0n) is 19.9. The number of nitrogens with one attached hydrogen (secondary N) is 1. The van der Waals surface area contributed by atoms with Crippen molar-refractivity contribution in [1.29, 1.82) is 0 Å². The van der Waals surface area contributed by atoms with Crippen LogP contribution in [-0.2, 0) is 16.8 Å². The first-order valence-electron chi connectivity index (χ1n) is 10.7. The van der Waals surface area contributed by atoms with E-state index in [4.69, 9.17) is 21.7 Å². The number of ketones is 1. The van der Waals surface area contributed by atoms with Gasteiger partial charge in [-0.25, -0.2) is 0 Å². The summed E-state index contributed by atoms with van der Waals surface area (Å²) in [4.78, 5) is 14.2. The van der Waals surface area contributed by atoms with Crippen molar-refractivity contribution >= 4 is 23.1 Å². The fraction of sp³-hybridized carbons (Fsp3) is 0.385. The van der Waals surface area contributed by atoms with Gasteiger partial charge in [-0.1, -0.05) is 51.1 Å². The van der Waals surface area contributed by atoms with E-state index in [1.165, 1.54) is 5.56 Å². The molecule has 0 bridgehead atoms. The molecule has 0 radical (unpaired) electrons. The Morgan fingerprint density at radius 1 is 1.12 bits per heavy atom. The molecule has 2 aromatic carbocycles. The first-order valence-corrected chi connectivity index (χ1v) is 11.1. The summed E-state index contributed by atoms with van der Waals surface area (Å²) in [5.41, 5.74) is 4.93. The number of Topliss-reactive ketones (excluding diaryl/α,β-unsaturated/α-hetero) is 1. The molecule has 5 nitrogen and oxygen atoms in total. The fourth-order valence-corrected chi connectivity index (χ4v) is 4.04. The van der Waals surface area contributed by atoms with Crippen LogP contribution in [0.5, 0.6) is 11.5 Å². The van der Waals surface area contributed by atoms with Gasteiger partial charge in [0.25, 0.3) is 0 Å². The summed E-state index contributed by atoms with van der Waals surface area (Å²) < 4.78 is 11.7. The van der Waals surface area contributed by atoms with E-state index in [1.807, 2.05) is 37.1 Å². The molecule has 0 spiro atoms. The molecule has 0 saturated carbocycles. The second kappa shape index (κ2) is 9.33. The van der Waals surface area contributed by atoms with Crippen molar-refractivity contribution in [1.82, 2.24) is 10.2 Å². The van der Waals surface area contributed by atoms with E-state index in [9.17, 15) is 4.79 Å². The molecule has 1 aliphatic rings. The lowest BCUT2D eigenvalue weighted by atomic mass is 9.87. The summed E-state index contributed by atoms with van der Waals surface area (Å²) in [6, 6.07) is 13.9. The van der Waals surface area contributed by atoms with E-state index in [0.29, 0.717) is 28.8 Å². The van der Waals surface area contributed by atoms with Crippen LogP contribution in [0.3, 0.4) is 0 Å². The Morgan fingerprint density at radius 3 is 2.34 bits per heavy atom. The Bertz CT molecular complexity index is 1050. The molecule has 1 unspecified atom stereocenters. The minimum Gasteiger partial charge on any atom is -0.493 e. The third-order valence-corrected chi connectivity index (χ3v) is 6.26. The van der Waals surface area contributed by atoms with Crippen molar-refractivity contribution in [2.24, 2.45) is 0 Å². The molecule has 1 atom stereocenters. The van der Waals surface area contributed by atoms with Crippen molar-refractivity contribution in [3.05, 3.63) is 70.4 Å². The SMILES string of the molecule is COc1cc(C2NC(=S)N(C)C(C)=C2C(C)=O)ccc1OCc1ccc(C(C)(C)C)cc1. The van der Waals surface area contributed by atoms with Crippen LogP contribution in [0.25, 0.3) is 0 Å². The maximum Gasteiger partial charge on any atom is 0.173 e. The Balaban J connectivity index is 1.83. The minimum absolute atomic E-state index is 0.00680. The number of nitrogens with zero attached hydrogens (tertiary/aromatic N) is 1. The van der Waals surface area contributed by atoms with Gasteiger partial charge in [0.1, 0.15) is 6.61 Å². The number of allylic oxidation sites excluding steroid dienone is 1. The highest BCUT2D eigenvalue weighted by Crippen LogP contribution is 2.36. The van der Waals surface area contributed by atoms with Gasteiger partial charge in [-0.3, -0.25) is 4.79 Å². The molecule has 3 rings (SSSR count). The number of carbonyl (C=O) groups excluding carboxylic acids is 1. The van der Waals surface area contributed by atoms with Gasteiger partial charge in [-0.2, -0.15) is 0 Å². The molecular weight excluding hydrogens is 420 g/mol. The average Bonchev–Trinajstić information content (AvgIpc) is 2.75. The van der Waals surface area contributed by atoms with Crippen LogP contribution in [0, 0.1) is 0 Å². The zero-order chi connectivity index (χ0) is 23.6. The molecule has 2 aromatic rings. The third-order valence-electron chi connectivity index (χ3n) is 5.87. The summed E-state index contributed by atoms with van der Waals surface area (Å²) in [6.45, 7) is 10.5. The van der Waals surface area contributed by atoms with Gasteiger partial charge in [-0.15, -0.1) is 0 Å². The largest absolute Gasteiger partial charge is 0.493 e. The van der Waals surface area contributed by atoms with Crippen molar-refractivity contribution in [2.75, 3.05) is 14.2 Å². The molecule has 6 heteroatoms. The molecular formula is C26H32N2O3S. The summed E-state index contributed by atoms with van der Waals surface area (Å²) in [7, 11) is 3.47. The van der Waals surface area contributed by atoms with E-state index < -0.39 is 0 Å². The number of benzene rings is 2. The first kappa shape index (κ1) is 23.8. The van der Waals surface area contributed by atoms with Crippen molar-refractivity contribution in [3.63, 3.8) is 0 Å². The molecule has 0 amide bonds. The van der Waals surface area contributed by atoms with Gasteiger partial charge in [0, 0.05) is 18.3 Å². The maximum atomic E-state index is 12.4. The molecule has 170 valence electrons. The highest BCUT2D eigenvalue weighted by molar-refractivity contribution is 7.80. The lowest BCUT2D eigenvalue weighted by molar-refractivity contribution is -0.114. The number of rotatable bonds is 6. The lowest BCUT2D eigenvalue weighted by Crippen LogP contribution is -2.45. The molecule has 1 aliphatic heterocycles. The quantitative estimate of drug-likeness (QED) is 0.601. The summed E-state index contributed by atoms with van der Waals surface area (Å²) in [5.74, 6) is 1.27. The Hall–Kier alpha value is -2.86. The Morgan fingerprint density at radius 2 is 1.78 bits per heavy atom. The van der Waals surface area contributed by atoms with Crippen LogP contribution in [-0.4, -0.2) is 30.0 Å². The standard InChI is InChI=1S/C26H32N2O3S/c1-16-23(17(2)29)24(27-25(32)28(16)6)19-10-13-21(22(14-19)30-7)31-15-18-8-11-20(12-9-18)26(3,4)5/h8-14,24H,15H2,1-7H3,(H,27,32). The molecule has 1 N–H and O–H groups in total. The Labute approximate surface area is 196 Å². The van der Waals surface area contributed by atoms with Gasteiger partial charge >= 0.3 is 0 Å².